The summed E-state index contributed by atoms with van der Waals surface area (Å²) in [6.07, 6.45) is 2.42. The van der Waals surface area contributed by atoms with Crippen molar-refractivity contribution in [2.24, 2.45) is 5.92 Å². The Labute approximate surface area is 109 Å². The highest BCUT2D eigenvalue weighted by molar-refractivity contribution is 5.93. The summed E-state index contributed by atoms with van der Waals surface area (Å²) in [5.41, 5.74) is 4.51. The second kappa shape index (κ2) is 4.40. The van der Waals surface area contributed by atoms with Crippen LogP contribution in [0.1, 0.15) is 36.6 Å². The van der Waals surface area contributed by atoms with Crippen LogP contribution in [0.15, 0.2) is 30.3 Å². The van der Waals surface area contributed by atoms with E-state index in [4.69, 9.17) is 0 Å². The summed E-state index contributed by atoms with van der Waals surface area (Å²) in [4.78, 5) is 0. The van der Waals surface area contributed by atoms with Crippen LogP contribution in [0.2, 0.25) is 0 Å². The highest BCUT2D eigenvalue weighted by Gasteiger charge is 2.20. The van der Waals surface area contributed by atoms with Crippen LogP contribution in [0.5, 0.6) is 0 Å². The summed E-state index contributed by atoms with van der Waals surface area (Å²) in [5.74, 6) is 0.605. The predicted molar refractivity (Wildman–Crippen MR) is 78.0 cm³/mol. The number of rotatable bonds is 3. The maximum absolute atomic E-state index is 3.47. The molecule has 1 unspecified atom stereocenters. The molecule has 1 heteroatoms. The van der Waals surface area contributed by atoms with Crippen molar-refractivity contribution in [3.05, 3.63) is 47.0 Å². The van der Waals surface area contributed by atoms with Crippen LogP contribution in [0, 0.1) is 5.92 Å². The molecular weight excluding hydrogens is 218 g/mol. The molecule has 1 aliphatic carbocycles. The normalized spacial score (nSPS) is 15.6. The lowest BCUT2D eigenvalue weighted by Gasteiger charge is -2.23. The van der Waals surface area contributed by atoms with Gasteiger partial charge >= 0.3 is 0 Å². The standard InChI is InChI=1S/C17H21N/c1-11(2)17(18-3)15-10-9-13-8-7-12-5-4-6-14(15)16(12)13/h4-6,9-11,17-18H,7-8H2,1-3H3. The molecule has 0 aliphatic heterocycles. The molecule has 0 heterocycles. The number of hydrogen-bond donors (Lipinski definition) is 1. The van der Waals surface area contributed by atoms with Crippen molar-refractivity contribution in [1.82, 2.24) is 5.32 Å². The van der Waals surface area contributed by atoms with E-state index in [2.05, 4.69) is 56.5 Å². The van der Waals surface area contributed by atoms with Crippen LogP contribution < -0.4 is 5.32 Å². The molecule has 3 rings (SSSR count). The summed E-state index contributed by atoms with van der Waals surface area (Å²) in [6.45, 7) is 4.56. The van der Waals surface area contributed by atoms with Crippen molar-refractivity contribution in [3.8, 4) is 0 Å². The van der Waals surface area contributed by atoms with E-state index >= 15 is 0 Å². The van der Waals surface area contributed by atoms with Gasteiger partial charge in [0.05, 0.1) is 0 Å². The molecule has 0 saturated carbocycles. The Balaban J connectivity index is 2.26. The van der Waals surface area contributed by atoms with Crippen LogP contribution in [0.25, 0.3) is 10.8 Å². The molecule has 0 radical (unpaired) electrons. The van der Waals surface area contributed by atoms with Gasteiger partial charge in [0.1, 0.15) is 0 Å². The Hall–Kier alpha value is -1.34. The average molecular weight is 239 g/mol. The second-order valence-electron chi connectivity index (χ2n) is 5.66. The quantitative estimate of drug-likeness (QED) is 0.857. The fourth-order valence-corrected chi connectivity index (χ4v) is 3.39. The minimum atomic E-state index is 0.440. The lowest BCUT2D eigenvalue weighted by atomic mass is 9.90. The fraction of sp³-hybridized carbons (Fsp3) is 0.412. The summed E-state index contributed by atoms with van der Waals surface area (Å²) in [7, 11) is 2.06. The molecule has 1 atom stereocenters. The van der Waals surface area contributed by atoms with Gasteiger partial charge in [0.25, 0.3) is 0 Å². The van der Waals surface area contributed by atoms with Crippen LogP contribution in [-0.2, 0) is 12.8 Å². The first kappa shape index (κ1) is 11.7. The lowest BCUT2D eigenvalue weighted by Crippen LogP contribution is -2.22. The van der Waals surface area contributed by atoms with Crippen molar-refractivity contribution < 1.29 is 0 Å². The topological polar surface area (TPSA) is 12.0 Å². The molecule has 1 N–H and O–H groups in total. The first-order chi connectivity index (χ1) is 8.72. The first-order valence-corrected chi connectivity index (χ1v) is 6.93. The fourth-order valence-electron chi connectivity index (χ4n) is 3.39. The molecule has 0 spiro atoms. The zero-order valence-corrected chi connectivity index (χ0v) is 11.5. The van der Waals surface area contributed by atoms with Gasteiger partial charge in [-0.15, -0.1) is 0 Å². The van der Waals surface area contributed by atoms with Crippen molar-refractivity contribution in [2.75, 3.05) is 7.05 Å². The summed E-state index contributed by atoms with van der Waals surface area (Å²) < 4.78 is 0. The molecule has 18 heavy (non-hydrogen) atoms. The number of nitrogens with one attached hydrogen (secondary N) is 1. The smallest absolute Gasteiger partial charge is 0.0347 e. The molecule has 0 saturated heterocycles. The van der Waals surface area contributed by atoms with Gasteiger partial charge in [-0.3, -0.25) is 0 Å². The monoisotopic (exact) mass is 239 g/mol. The van der Waals surface area contributed by atoms with Crippen LogP contribution >= 0.6 is 0 Å². The molecular formula is C17H21N. The van der Waals surface area contributed by atoms with E-state index in [-0.39, 0.29) is 0 Å². The van der Waals surface area contributed by atoms with Gasteiger partial charge in [-0.1, -0.05) is 44.2 Å². The highest BCUT2D eigenvalue weighted by atomic mass is 14.9. The molecule has 1 nitrogen and oxygen atoms in total. The molecule has 1 aliphatic rings. The molecule has 2 aromatic carbocycles. The lowest BCUT2D eigenvalue weighted by molar-refractivity contribution is 0.446. The molecule has 2 aromatic rings. The predicted octanol–water partition coefficient (Wildman–Crippen LogP) is 3.85. The van der Waals surface area contributed by atoms with E-state index in [9.17, 15) is 0 Å². The van der Waals surface area contributed by atoms with Gasteiger partial charge in [-0.05, 0) is 53.3 Å². The average Bonchev–Trinajstić information content (AvgIpc) is 2.78. The van der Waals surface area contributed by atoms with Gasteiger partial charge in [-0.25, -0.2) is 0 Å². The van der Waals surface area contributed by atoms with E-state index < -0.39 is 0 Å². The Morgan fingerprint density at radius 3 is 2.39 bits per heavy atom. The van der Waals surface area contributed by atoms with E-state index in [1.54, 1.807) is 0 Å². The summed E-state index contributed by atoms with van der Waals surface area (Å²) in [5, 5.41) is 6.45. The van der Waals surface area contributed by atoms with Crippen molar-refractivity contribution in [2.45, 2.75) is 32.7 Å². The number of hydrogen-bond acceptors (Lipinski definition) is 1. The minimum Gasteiger partial charge on any atom is -0.313 e. The van der Waals surface area contributed by atoms with Gasteiger partial charge < -0.3 is 5.32 Å². The van der Waals surface area contributed by atoms with Gasteiger partial charge in [-0.2, -0.15) is 0 Å². The third kappa shape index (κ3) is 1.65. The largest absolute Gasteiger partial charge is 0.313 e. The third-order valence-corrected chi connectivity index (χ3v) is 4.22. The van der Waals surface area contributed by atoms with E-state index in [1.807, 2.05) is 0 Å². The van der Waals surface area contributed by atoms with Crippen LogP contribution in [-0.4, -0.2) is 7.05 Å². The maximum atomic E-state index is 3.47. The van der Waals surface area contributed by atoms with Crippen molar-refractivity contribution >= 4 is 10.8 Å². The second-order valence-corrected chi connectivity index (χ2v) is 5.66. The van der Waals surface area contributed by atoms with E-state index in [1.165, 1.54) is 40.3 Å². The number of benzene rings is 2. The van der Waals surface area contributed by atoms with E-state index in [0.29, 0.717) is 12.0 Å². The Morgan fingerprint density at radius 1 is 1.00 bits per heavy atom. The third-order valence-electron chi connectivity index (χ3n) is 4.22. The zero-order chi connectivity index (χ0) is 12.7. The highest BCUT2D eigenvalue weighted by Crippen LogP contribution is 2.36. The summed E-state index contributed by atoms with van der Waals surface area (Å²) >= 11 is 0. The molecule has 0 fully saturated rings. The van der Waals surface area contributed by atoms with Gasteiger partial charge in [0.2, 0.25) is 0 Å². The molecule has 0 amide bonds. The Morgan fingerprint density at radius 2 is 1.72 bits per heavy atom. The summed E-state index contributed by atoms with van der Waals surface area (Å²) in [6, 6.07) is 11.9. The Kier molecular flexibility index (Phi) is 2.87. The van der Waals surface area contributed by atoms with Crippen LogP contribution in [0.4, 0.5) is 0 Å². The maximum Gasteiger partial charge on any atom is 0.0347 e. The van der Waals surface area contributed by atoms with E-state index in [0.717, 1.165) is 0 Å². The minimum absolute atomic E-state index is 0.440. The van der Waals surface area contributed by atoms with Gasteiger partial charge in [0.15, 0.2) is 0 Å². The zero-order valence-electron chi connectivity index (χ0n) is 11.5. The molecule has 0 aromatic heterocycles. The molecule has 0 bridgehead atoms. The van der Waals surface area contributed by atoms with Crippen molar-refractivity contribution in [3.63, 3.8) is 0 Å². The Bertz CT molecular complexity index is 573. The molecule has 94 valence electrons. The van der Waals surface area contributed by atoms with Crippen molar-refractivity contribution in [1.29, 1.82) is 0 Å². The SMILES string of the molecule is CNC(c1ccc2c3c(cccc13)CC2)C(C)C. The van der Waals surface area contributed by atoms with Gasteiger partial charge in [0, 0.05) is 6.04 Å². The first-order valence-electron chi connectivity index (χ1n) is 6.93. The number of aryl methyl sites for hydroxylation is 2. The van der Waals surface area contributed by atoms with Crippen LogP contribution in [0.3, 0.4) is 0 Å².